The Balaban J connectivity index is 1.02. The van der Waals surface area contributed by atoms with Crippen molar-refractivity contribution in [3.63, 3.8) is 0 Å². The second-order valence-corrected chi connectivity index (χ2v) is 24.2. The fourth-order valence-electron chi connectivity index (χ4n) is 13.4. The molecule has 0 unspecified atom stereocenters. The molecular formula is C72H48N4Si. The molecule has 0 aliphatic heterocycles. The summed E-state index contributed by atoms with van der Waals surface area (Å²) < 4.78 is 9.91. The molecule has 0 atom stereocenters. The average Bonchev–Trinajstić information content (AvgIpc) is 4.44. The number of hydrogen-bond donors (Lipinski definition) is 0. The summed E-state index contributed by atoms with van der Waals surface area (Å²) in [5.41, 5.74) is 14.1. The van der Waals surface area contributed by atoms with Crippen LogP contribution in [-0.4, -0.2) is 26.3 Å². The lowest BCUT2D eigenvalue weighted by molar-refractivity contribution is 1.17. The monoisotopic (exact) mass is 996 g/mol. The molecule has 77 heavy (non-hydrogen) atoms. The molecule has 0 spiro atoms. The second kappa shape index (κ2) is 17.0. The minimum Gasteiger partial charge on any atom is -0.309 e. The Hall–Kier alpha value is -9.94. The van der Waals surface area contributed by atoms with Crippen LogP contribution in [0.1, 0.15) is 0 Å². The van der Waals surface area contributed by atoms with E-state index in [0.717, 1.165) is 22.7 Å². The van der Waals surface area contributed by atoms with Gasteiger partial charge in [-0.25, -0.2) is 0 Å². The topological polar surface area (TPSA) is 19.7 Å². The van der Waals surface area contributed by atoms with Crippen molar-refractivity contribution < 1.29 is 0 Å². The Morgan fingerprint density at radius 3 is 0.870 bits per heavy atom. The molecule has 4 nitrogen and oxygen atoms in total. The van der Waals surface area contributed by atoms with Crippen LogP contribution in [0.5, 0.6) is 0 Å². The van der Waals surface area contributed by atoms with Crippen molar-refractivity contribution in [3.8, 4) is 22.7 Å². The highest BCUT2D eigenvalue weighted by atomic mass is 28.3. The van der Waals surface area contributed by atoms with E-state index < -0.39 is 8.07 Å². The fourth-order valence-corrected chi connectivity index (χ4v) is 18.1. The van der Waals surface area contributed by atoms with Gasteiger partial charge in [0.05, 0.1) is 44.1 Å². The first-order valence-electron chi connectivity index (χ1n) is 26.6. The Morgan fingerprint density at radius 1 is 0.195 bits per heavy atom. The Morgan fingerprint density at radius 2 is 0.494 bits per heavy atom. The number of rotatable bonds is 8. The van der Waals surface area contributed by atoms with E-state index in [9.17, 15) is 0 Å². The average molecular weight is 997 g/mol. The van der Waals surface area contributed by atoms with Crippen molar-refractivity contribution in [2.45, 2.75) is 0 Å². The molecule has 0 saturated carbocycles. The molecule has 0 fully saturated rings. The highest BCUT2D eigenvalue weighted by Gasteiger charge is 2.42. The predicted octanol–water partition coefficient (Wildman–Crippen LogP) is 15.5. The first-order valence-corrected chi connectivity index (χ1v) is 28.6. The largest absolute Gasteiger partial charge is 0.309 e. The van der Waals surface area contributed by atoms with Crippen molar-refractivity contribution in [3.05, 3.63) is 291 Å². The minimum absolute atomic E-state index is 1.14. The molecule has 4 aromatic heterocycles. The maximum Gasteiger partial charge on any atom is 0.179 e. The van der Waals surface area contributed by atoms with E-state index in [-0.39, 0.29) is 0 Å². The Bertz CT molecular complexity index is 4620. The lowest BCUT2D eigenvalue weighted by Gasteiger charge is -2.34. The predicted molar refractivity (Wildman–Crippen MR) is 327 cm³/mol. The maximum atomic E-state index is 2.57. The Labute approximate surface area is 445 Å². The molecule has 16 rings (SSSR count). The molecule has 16 aromatic rings. The molecule has 4 heterocycles. The lowest BCUT2D eigenvalue weighted by Crippen LogP contribution is -2.74. The van der Waals surface area contributed by atoms with Crippen molar-refractivity contribution in [2.24, 2.45) is 0 Å². The third-order valence-corrected chi connectivity index (χ3v) is 21.2. The molecule has 0 amide bonds. The number of hydrogen-bond acceptors (Lipinski definition) is 0. The first-order chi connectivity index (χ1) is 38.3. The van der Waals surface area contributed by atoms with Crippen molar-refractivity contribution in [1.82, 2.24) is 18.3 Å². The normalized spacial score (nSPS) is 12.2. The zero-order valence-electron chi connectivity index (χ0n) is 42.0. The van der Waals surface area contributed by atoms with Crippen LogP contribution < -0.4 is 20.7 Å². The van der Waals surface area contributed by atoms with E-state index in [0.29, 0.717) is 0 Å². The van der Waals surface area contributed by atoms with Gasteiger partial charge in [-0.1, -0.05) is 206 Å². The standard InChI is InChI=1S/C72H48N4Si/c1-7-23-49(24-8-1)73-63-37-21-19-35-59(63)69-67(73)45-41-57-61-47-55(39-43-65(61)75(71(57)69)51-27-11-3-12-28-51)77(53-31-15-5-16-32-53,54-33-17-6-18-34-54)56-40-44-66-62(48-56)58-42-46-68-70(72(58)76(66)52-29-13-4-14-30-52)60-36-20-22-38-64(60)74(68)50-25-9-2-10-26-50/h1-48H. The summed E-state index contributed by atoms with van der Waals surface area (Å²) in [6.07, 6.45) is 0. The smallest absolute Gasteiger partial charge is 0.179 e. The molecular weight excluding hydrogens is 949 g/mol. The van der Waals surface area contributed by atoms with Gasteiger partial charge in [-0.15, -0.1) is 0 Å². The quantitative estimate of drug-likeness (QED) is 0.107. The van der Waals surface area contributed by atoms with Gasteiger partial charge in [0.25, 0.3) is 0 Å². The number of aromatic nitrogens is 4. The lowest BCUT2D eigenvalue weighted by atomic mass is 10.1. The third kappa shape index (κ3) is 6.26. The van der Waals surface area contributed by atoms with Crippen molar-refractivity contribution in [2.75, 3.05) is 0 Å². The zero-order valence-corrected chi connectivity index (χ0v) is 43.0. The highest BCUT2D eigenvalue weighted by molar-refractivity contribution is 7.20. The minimum atomic E-state index is -3.15. The summed E-state index contributed by atoms with van der Waals surface area (Å²) in [5.74, 6) is 0. The van der Waals surface area contributed by atoms with Gasteiger partial charge in [0.2, 0.25) is 0 Å². The molecule has 360 valence electrons. The maximum absolute atomic E-state index is 3.15. The van der Waals surface area contributed by atoms with Crippen molar-refractivity contribution >= 4 is 116 Å². The van der Waals surface area contributed by atoms with Crippen LogP contribution in [0.15, 0.2) is 291 Å². The summed E-state index contributed by atoms with van der Waals surface area (Å²) in [4.78, 5) is 0. The van der Waals surface area contributed by atoms with Gasteiger partial charge in [-0.05, 0) is 106 Å². The van der Waals surface area contributed by atoms with Crippen molar-refractivity contribution in [1.29, 1.82) is 0 Å². The van der Waals surface area contributed by atoms with Crippen LogP contribution >= 0.6 is 0 Å². The van der Waals surface area contributed by atoms with Gasteiger partial charge in [0.1, 0.15) is 0 Å². The van der Waals surface area contributed by atoms with E-state index in [1.54, 1.807) is 0 Å². The second-order valence-electron chi connectivity index (χ2n) is 20.4. The van der Waals surface area contributed by atoms with E-state index in [2.05, 4.69) is 309 Å². The first kappa shape index (κ1) is 43.5. The molecule has 5 heteroatoms. The van der Waals surface area contributed by atoms with Crippen LogP contribution in [0.2, 0.25) is 0 Å². The number of fused-ring (bicyclic) bond motifs is 14. The number of benzene rings is 12. The van der Waals surface area contributed by atoms with E-state index in [1.165, 1.54) is 108 Å². The number of para-hydroxylation sites is 6. The SMILES string of the molecule is c1ccc(-n2c3ccccc3c3c2ccc2c4cc([Si](c5ccccc5)(c5ccccc5)c5ccc6c(c5)c5ccc7c(c8ccccc8n7-c7ccccc7)c5n6-c5ccccc5)ccc4n(-c4ccccc4)c23)cc1. The van der Waals surface area contributed by atoms with Gasteiger partial charge in [0, 0.05) is 65.8 Å². The molecule has 0 saturated heterocycles. The summed E-state index contributed by atoms with van der Waals surface area (Å²) in [6.45, 7) is 0. The number of nitrogens with zero attached hydrogens (tertiary/aromatic N) is 4. The fraction of sp³-hybridized carbons (Fsp3) is 0. The van der Waals surface area contributed by atoms with Gasteiger partial charge >= 0.3 is 0 Å². The third-order valence-electron chi connectivity index (χ3n) is 16.5. The molecule has 0 radical (unpaired) electrons. The molecule has 0 bridgehead atoms. The van der Waals surface area contributed by atoms with Crippen LogP contribution in [0, 0.1) is 0 Å². The summed E-state index contributed by atoms with van der Waals surface area (Å²) >= 11 is 0. The summed E-state index contributed by atoms with van der Waals surface area (Å²) in [6, 6.07) is 109. The zero-order chi connectivity index (χ0) is 50.6. The van der Waals surface area contributed by atoms with Gasteiger partial charge in [-0.2, -0.15) is 0 Å². The molecule has 0 aliphatic rings. The van der Waals surface area contributed by atoms with E-state index in [1.807, 2.05) is 0 Å². The van der Waals surface area contributed by atoms with Crippen LogP contribution in [0.3, 0.4) is 0 Å². The van der Waals surface area contributed by atoms with Crippen LogP contribution in [0.25, 0.3) is 110 Å². The van der Waals surface area contributed by atoms with E-state index in [4.69, 9.17) is 0 Å². The highest BCUT2D eigenvalue weighted by Crippen LogP contribution is 2.44. The van der Waals surface area contributed by atoms with Crippen LogP contribution in [0.4, 0.5) is 0 Å². The molecule has 12 aromatic carbocycles. The van der Waals surface area contributed by atoms with Gasteiger partial charge in [0.15, 0.2) is 8.07 Å². The van der Waals surface area contributed by atoms with Gasteiger partial charge < -0.3 is 18.3 Å². The summed E-state index contributed by atoms with van der Waals surface area (Å²) in [7, 11) is -3.15. The molecule has 0 N–H and O–H groups in total. The van der Waals surface area contributed by atoms with Crippen LogP contribution in [-0.2, 0) is 0 Å². The van der Waals surface area contributed by atoms with E-state index >= 15 is 0 Å². The van der Waals surface area contributed by atoms with Gasteiger partial charge in [-0.3, -0.25) is 0 Å². The Kier molecular flexibility index (Phi) is 9.62. The summed E-state index contributed by atoms with van der Waals surface area (Å²) in [5, 5.41) is 15.3. The molecule has 0 aliphatic carbocycles.